The van der Waals surface area contributed by atoms with Crippen molar-refractivity contribution >= 4 is 11.6 Å². The fourth-order valence-corrected chi connectivity index (χ4v) is 2.72. The summed E-state index contributed by atoms with van der Waals surface area (Å²) in [6.45, 7) is 7.13. The van der Waals surface area contributed by atoms with Gasteiger partial charge in [0.2, 0.25) is 5.91 Å². The van der Waals surface area contributed by atoms with Crippen LogP contribution in [0.3, 0.4) is 0 Å². The Morgan fingerprint density at radius 3 is 2.35 bits per heavy atom. The summed E-state index contributed by atoms with van der Waals surface area (Å²) in [5.41, 5.74) is 3.14. The monoisotopic (exact) mass is 356 g/mol. The van der Waals surface area contributed by atoms with Crippen LogP contribution >= 0.6 is 0 Å². The maximum atomic E-state index is 12.2. The van der Waals surface area contributed by atoms with Gasteiger partial charge in [-0.3, -0.25) is 4.79 Å². The molecule has 0 radical (unpaired) electrons. The van der Waals surface area contributed by atoms with Gasteiger partial charge in [-0.1, -0.05) is 45.0 Å². The van der Waals surface area contributed by atoms with E-state index in [4.69, 9.17) is 9.47 Å². The molecule has 0 aliphatic carbocycles. The molecule has 2 N–H and O–H groups in total. The smallest absolute Gasteiger partial charge is 0.239 e. The molecule has 0 atom stereocenters. The van der Waals surface area contributed by atoms with Crippen molar-refractivity contribution in [2.45, 2.75) is 32.7 Å². The molecular weight excluding hydrogens is 328 g/mol. The summed E-state index contributed by atoms with van der Waals surface area (Å²) in [4.78, 5) is 12.2. The van der Waals surface area contributed by atoms with E-state index in [1.807, 2.05) is 36.4 Å². The molecule has 26 heavy (non-hydrogen) atoms. The van der Waals surface area contributed by atoms with Gasteiger partial charge in [0.15, 0.2) is 11.5 Å². The van der Waals surface area contributed by atoms with E-state index >= 15 is 0 Å². The van der Waals surface area contributed by atoms with Crippen LogP contribution in [-0.2, 0) is 16.8 Å². The standard InChI is InChI=1S/C21H28N2O3/c1-21(2,3)16-8-6-7-9-17(16)22-14-20(24)23-13-15-10-11-18(25-4)19(12-15)26-5/h6-12,22H,13-14H2,1-5H3,(H,23,24). The molecule has 5 heteroatoms. The summed E-state index contributed by atoms with van der Waals surface area (Å²) in [7, 11) is 3.19. The number of nitrogens with one attached hydrogen (secondary N) is 2. The molecule has 140 valence electrons. The predicted molar refractivity (Wildman–Crippen MR) is 105 cm³/mol. The Morgan fingerprint density at radius 1 is 1.00 bits per heavy atom. The Morgan fingerprint density at radius 2 is 1.69 bits per heavy atom. The summed E-state index contributed by atoms with van der Waals surface area (Å²) >= 11 is 0. The fourth-order valence-electron chi connectivity index (χ4n) is 2.72. The molecule has 2 aromatic carbocycles. The molecule has 0 aliphatic heterocycles. The number of para-hydroxylation sites is 1. The normalized spacial score (nSPS) is 11.0. The average molecular weight is 356 g/mol. The first-order valence-electron chi connectivity index (χ1n) is 8.66. The minimum atomic E-state index is -0.0662. The highest BCUT2D eigenvalue weighted by molar-refractivity contribution is 5.81. The fraction of sp³-hybridized carbons (Fsp3) is 0.381. The number of amides is 1. The number of methoxy groups -OCH3 is 2. The zero-order chi connectivity index (χ0) is 19.2. The SMILES string of the molecule is COc1ccc(CNC(=O)CNc2ccccc2C(C)(C)C)cc1OC. The van der Waals surface area contributed by atoms with Crippen LogP contribution in [0.5, 0.6) is 11.5 Å². The molecule has 0 bridgehead atoms. The van der Waals surface area contributed by atoms with Crippen molar-refractivity contribution in [3.05, 3.63) is 53.6 Å². The third-order valence-electron chi connectivity index (χ3n) is 4.11. The van der Waals surface area contributed by atoms with Gasteiger partial charge in [0.25, 0.3) is 0 Å². The summed E-state index contributed by atoms with van der Waals surface area (Å²) in [6, 6.07) is 13.7. The van der Waals surface area contributed by atoms with Crippen molar-refractivity contribution in [2.24, 2.45) is 0 Å². The molecule has 0 saturated carbocycles. The van der Waals surface area contributed by atoms with Crippen LogP contribution in [-0.4, -0.2) is 26.7 Å². The summed E-state index contributed by atoms with van der Waals surface area (Å²) in [6.07, 6.45) is 0. The van der Waals surface area contributed by atoms with E-state index in [0.29, 0.717) is 18.0 Å². The van der Waals surface area contributed by atoms with Crippen molar-refractivity contribution in [1.29, 1.82) is 0 Å². The summed E-state index contributed by atoms with van der Waals surface area (Å²) in [5, 5.41) is 6.16. The third kappa shape index (κ3) is 5.15. The van der Waals surface area contributed by atoms with E-state index in [9.17, 15) is 4.79 Å². The van der Waals surface area contributed by atoms with Gasteiger partial charge in [-0.15, -0.1) is 0 Å². The molecule has 0 aliphatic rings. The van der Waals surface area contributed by atoms with Gasteiger partial charge in [0.05, 0.1) is 20.8 Å². The first-order chi connectivity index (χ1) is 12.3. The second-order valence-corrected chi connectivity index (χ2v) is 7.12. The van der Waals surface area contributed by atoms with Crippen LogP contribution < -0.4 is 20.1 Å². The van der Waals surface area contributed by atoms with Crippen molar-refractivity contribution in [3.63, 3.8) is 0 Å². The van der Waals surface area contributed by atoms with Gasteiger partial charge in [-0.2, -0.15) is 0 Å². The third-order valence-corrected chi connectivity index (χ3v) is 4.11. The Labute approximate surface area is 155 Å². The van der Waals surface area contributed by atoms with Crippen molar-refractivity contribution in [1.82, 2.24) is 5.32 Å². The molecule has 0 fully saturated rings. The van der Waals surface area contributed by atoms with E-state index in [0.717, 1.165) is 11.3 Å². The topological polar surface area (TPSA) is 59.6 Å². The Hall–Kier alpha value is -2.69. The highest BCUT2D eigenvalue weighted by Gasteiger charge is 2.17. The molecule has 0 saturated heterocycles. The molecule has 2 rings (SSSR count). The molecule has 2 aromatic rings. The molecule has 0 unspecified atom stereocenters. The lowest BCUT2D eigenvalue weighted by Gasteiger charge is -2.23. The number of ether oxygens (including phenoxy) is 2. The van der Waals surface area contributed by atoms with Crippen LogP contribution in [0.2, 0.25) is 0 Å². The molecule has 5 nitrogen and oxygen atoms in total. The molecule has 1 amide bonds. The maximum absolute atomic E-state index is 12.2. The first kappa shape index (κ1) is 19.6. The van der Waals surface area contributed by atoms with Gasteiger partial charge < -0.3 is 20.1 Å². The van der Waals surface area contributed by atoms with Gasteiger partial charge in [0.1, 0.15) is 0 Å². The van der Waals surface area contributed by atoms with Crippen LogP contribution in [0.25, 0.3) is 0 Å². The number of benzene rings is 2. The van der Waals surface area contributed by atoms with Crippen LogP contribution in [0.15, 0.2) is 42.5 Å². The second-order valence-electron chi connectivity index (χ2n) is 7.12. The van der Waals surface area contributed by atoms with Crippen LogP contribution in [0.1, 0.15) is 31.9 Å². The summed E-state index contributed by atoms with van der Waals surface area (Å²) in [5.74, 6) is 1.25. The lowest BCUT2D eigenvalue weighted by Crippen LogP contribution is -2.30. The summed E-state index contributed by atoms with van der Waals surface area (Å²) < 4.78 is 10.5. The van der Waals surface area contributed by atoms with E-state index in [1.165, 1.54) is 5.56 Å². The molecular formula is C21H28N2O3. The number of hydrogen-bond acceptors (Lipinski definition) is 4. The van der Waals surface area contributed by atoms with Crippen molar-refractivity contribution in [2.75, 3.05) is 26.1 Å². The number of carbonyl (C=O) groups excluding carboxylic acids is 1. The van der Waals surface area contributed by atoms with Crippen LogP contribution in [0, 0.1) is 0 Å². The van der Waals surface area contributed by atoms with Gasteiger partial charge in [0, 0.05) is 12.2 Å². The number of rotatable bonds is 7. The lowest BCUT2D eigenvalue weighted by molar-refractivity contribution is -0.119. The predicted octanol–water partition coefficient (Wildman–Crippen LogP) is 3.73. The highest BCUT2D eigenvalue weighted by atomic mass is 16.5. The minimum Gasteiger partial charge on any atom is -0.493 e. The Bertz CT molecular complexity index is 751. The molecule has 0 aromatic heterocycles. The van der Waals surface area contributed by atoms with E-state index < -0.39 is 0 Å². The zero-order valence-electron chi connectivity index (χ0n) is 16.2. The second kappa shape index (κ2) is 8.61. The van der Waals surface area contributed by atoms with Gasteiger partial charge >= 0.3 is 0 Å². The van der Waals surface area contributed by atoms with E-state index in [-0.39, 0.29) is 17.9 Å². The molecule has 0 heterocycles. The Balaban J connectivity index is 1.93. The van der Waals surface area contributed by atoms with Gasteiger partial charge in [-0.05, 0) is 34.7 Å². The number of carbonyl (C=O) groups is 1. The quantitative estimate of drug-likeness (QED) is 0.794. The molecule has 0 spiro atoms. The lowest BCUT2D eigenvalue weighted by atomic mass is 9.86. The largest absolute Gasteiger partial charge is 0.493 e. The Kier molecular flexibility index (Phi) is 6.50. The number of hydrogen-bond donors (Lipinski definition) is 2. The highest BCUT2D eigenvalue weighted by Crippen LogP contribution is 2.29. The van der Waals surface area contributed by atoms with Crippen LogP contribution in [0.4, 0.5) is 5.69 Å². The maximum Gasteiger partial charge on any atom is 0.239 e. The average Bonchev–Trinajstić information content (AvgIpc) is 2.63. The zero-order valence-corrected chi connectivity index (χ0v) is 16.2. The van der Waals surface area contributed by atoms with Crippen molar-refractivity contribution < 1.29 is 14.3 Å². The first-order valence-corrected chi connectivity index (χ1v) is 8.66. The number of anilines is 1. The van der Waals surface area contributed by atoms with Crippen molar-refractivity contribution in [3.8, 4) is 11.5 Å². The van der Waals surface area contributed by atoms with Gasteiger partial charge in [-0.25, -0.2) is 0 Å². The van der Waals surface area contributed by atoms with E-state index in [1.54, 1.807) is 14.2 Å². The van der Waals surface area contributed by atoms with E-state index in [2.05, 4.69) is 37.5 Å². The minimum absolute atomic E-state index is 0.0136.